The molecule has 1 heterocycles. The Balaban J connectivity index is 1.39. The van der Waals surface area contributed by atoms with Crippen molar-refractivity contribution < 1.29 is 9.53 Å². The van der Waals surface area contributed by atoms with Gasteiger partial charge >= 0.3 is 0 Å². The van der Waals surface area contributed by atoms with Gasteiger partial charge in [0.1, 0.15) is 11.6 Å². The van der Waals surface area contributed by atoms with Crippen molar-refractivity contribution in [3.8, 4) is 11.5 Å². The molecule has 4 rings (SSSR count). The quantitative estimate of drug-likeness (QED) is 0.561. The van der Waals surface area contributed by atoms with E-state index in [0.29, 0.717) is 17.4 Å². The van der Waals surface area contributed by atoms with Crippen LogP contribution in [-0.4, -0.2) is 26.4 Å². The van der Waals surface area contributed by atoms with Gasteiger partial charge in [0.05, 0.1) is 11.4 Å². The molecule has 1 amide bonds. The third-order valence-electron chi connectivity index (χ3n) is 4.47. The van der Waals surface area contributed by atoms with Crippen molar-refractivity contribution in [2.24, 2.45) is 0 Å². The molecule has 0 unspecified atom stereocenters. The Morgan fingerprint density at radius 3 is 2.64 bits per heavy atom. The predicted octanol–water partition coefficient (Wildman–Crippen LogP) is 4.70. The second kappa shape index (κ2) is 8.48. The Morgan fingerprint density at radius 2 is 1.89 bits per heavy atom. The molecule has 28 heavy (non-hydrogen) atoms. The third kappa shape index (κ3) is 4.36. The van der Waals surface area contributed by atoms with Crippen LogP contribution in [0, 0.1) is 0 Å². The Kier molecular flexibility index (Phi) is 5.62. The highest BCUT2D eigenvalue weighted by Gasteiger charge is 2.30. The summed E-state index contributed by atoms with van der Waals surface area (Å²) in [4.78, 5) is 12.5. The number of amides is 1. The summed E-state index contributed by atoms with van der Waals surface area (Å²) in [6.07, 6.45) is 2.36. The zero-order chi connectivity index (χ0) is 19.3. The highest BCUT2D eigenvalue weighted by molar-refractivity contribution is 7.99. The number of hydrogen-bond acceptors (Lipinski definition) is 5. The second-order valence-corrected chi connectivity index (χ2v) is 7.55. The zero-order valence-corrected chi connectivity index (χ0v) is 16.5. The van der Waals surface area contributed by atoms with Crippen LogP contribution in [0.25, 0.3) is 0 Å². The molecule has 1 aliphatic carbocycles. The number of para-hydroxylation sites is 3. The standard InChI is InChI=1S/C21H22N4O2S/c1-2-25-20(15-12-13-15)23-24-21(25)28-14-19(26)22-17-10-6-7-11-18(17)27-16-8-4-3-5-9-16/h3-11,15H,2,12-14H2,1H3,(H,22,26). The minimum absolute atomic E-state index is 0.104. The van der Waals surface area contributed by atoms with Crippen LogP contribution in [0.1, 0.15) is 31.5 Å². The first kappa shape index (κ1) is 18.6. The van der Waals surface area contributed by atoms with Crippen LogP contribution in [0.5, 0.6) is 11.5 Å². The maximum Gasteiger partial charge on any atom is 0.234 e. The van der Waals surface area contributed by atoms with Crippen LogP contribution in [0.15, 0.2) is 59.8 Å². The fourth-order valence-electron chi connectivity index (χ4n) is 2.94. The van der Waals surface area contributed by atoms with Crippen molar-refractivity contribution in [2.45, 2.75) is 37.4 Å². The molecular weight excluding hydrogens is 372 g/mol. The number of thioether (sulfide) groups is 1. The second-order valence-electron chi connectivity index (χ2n) is 6.61. The molecule has 0 atom stereocenters. The number of carbonyl (C=O) groups excluding carboxylic acids is 1. The number of rotatable bonds is 8. The number of aromatic nitrogens is 3. The molecule has 3 aromatic rings. The van der Waals surface area contributed by atoms with E-state index in [1.807, 2.05) is 54.6 Å². The number of hydrogen-bond donors (Lipinski definition) is 1. The average Bonchev–Trinajstić information content (AvgIpc) is 3.48. The van der Waals surface area contributed by atoms with E-state index in [9.17, 15) is 4.79 Å². The Hall–Kier alpha value is -2.80. The SMILES string of the molecule is CCn1c(SCC(=O)Nc2ccccc2Oc2ccccc2)nnc1C1CC1. The molecule has 6 nitrogen and oxygen atoms in total. The fraction of sp³-hybridized carbons (Fsp3) is 0.286. The van der Waals surface area contributed by atoms with Gasteiger partial charge in [-0.1, -0.05) is 42.1 Å². The van der Waals surface area contributed by atoms with Gasteiger partial charge in [0, 0.05) is 12.5 Å². The van der Waals surface area contributed by atoms with Crippen molar-refractivity contribution in [1.29, 1.82) is 0 Å². The topological polar surface area (TPSA) is 69.0 Å². The predicted molar refractivity (Wildman–Crippen MR) is 110 cm³/mol. The molecule has 0 aliphatic heterocycles. The first-order valence-corrected chi connectivity index (χ1v) is 10.4. The van der Waals surface area contributed by atoms with Crippen LogP contribution in [0.2, 0.25) is 0 Å². The molecule has 0 bridgehead atoms. The average molecular weight is 395 g/mol. The summed E-state index contributed by atoms with van der Waals surface area (Å²) in [6.45, 7) is 2.90. The highest BCUT2D eigenvalue weighted by atomic mass is 32.2. The Morgan fingerprint density at radius 1 is 1.14 bits per heavy atom. The minimum atomic E-state index is -0.104. The highest BCUT2D eigenvalue weighted by Crippen LogP contribution is 2.40. The lowest BCUT2D eigenvalue weighted by molar-refractivity contribution is -0.113. The van der Waals surface area contributed by atoms with Gasteiger partial charge in [0.15, 0.2) is 10.9 Å². The van der Waals surface area contributed by atoms with Crippen LogP contribution in [0.3, 0.4) is 0 Å². The molecule has 1 aliphatic rings. The number of carbonyl (C=O) groups is 1. The van der Waals surface area contributed by atoms with E-state index in [-0.39, 0.29) is 11.7 Å². The lowest BCUT2D eigenvalue weighted by Crippen LogP contribution is -2.15. The first-order chi connectivity index (χ1) is 13.7. The van der Waals surface area contributed by atoms with E-state index in [0.717, 1.165) is 23.3 Å². The van der Waals surface area contributed by atoms with E-state index >= 15 is 0 Å². The van der Waals surface area contributed by atoms with Crippen LogP contribution >= 0.6 is 11.8 Å². The third-order valence-corrected chi connectivity index (χ3v) is 5.44. The van der Waals surface area contributed by atoms with Gasteiger partial charge < -0.3 is 14.6 Å². The molecule has 144 valence electrons. The summed E-state index contributed by atoms with van der Waals surface area (Å²) in [5.74, 6) is 3.09. The summed E-state index contributed by atoms with van der Waals surface area (Å²) in [5.41, 5.74) is 0.646. The lowest BCUT2D eigenvalue weighted by atomic mass is 10.3. The molecule has 2 aromatic carbocycles. The van der Waals surface area contributed by atoms with Gasteiger partial charge in [-0.25, -0.2) is 0 Å². The molecule has 0 spiro atoms. The van der Waals surface area contributed by atoms with Crippen molar-refractivity contribution in [2.75, 3.05) is 11.1 Å². The van der Waals surface area contributed by atoms with Crippen molar-refractivity contribution in [1.82, 2.24) is 14.8 Å². The molecular formula is C21H22N4O2S. The van der Waals surface area contributed by atoms with E-state index in [2.05, 4.69) is 27.0 Å². The molecule has 1 fully saturated rings. The maximum atomic E-state index is 12.5. The molecule has 1 saturated carbocycles. The summed E-state index contributed by atoms with van der Waals surface area (Å²) < 4.78 is 8.01. The lowest BCUT2D eigenvalue weighted by Gasteiger charge is -2.12. The fourth-order valence-corrected chi connectivity index (χ4v) is 3.75. The van der Waals surface area contributed by atoms with E-state index in [1.54, 1.807) is 0 Å². The van der Waals surface area contributed by atoms with E-state index in [4.69, 9.17) is 4.74 Å². The van der Waals surface area contributed by atoms with Gasteiger partial charge in [-0.15, -0.1) is 10.2 Å². The first-order valence-electron chi connectivity index (χ1n) is 9.42. The normalized spacial score (nSPS) is 13.3. The molecule has 7 heteroatoms. The maximum absolute atomic E-state index is 12.5. The number of nitrogens with one attached hydrogen (secondary N) is 1. The Labute approximate surface area is 168 Å². The van der Waals surface area contributed by atoms with Gasteiger partial charge in [-0.05, 0) is 44.0 Å². The summed E-state index contributed by atoms with van der Waals surface area (Å²) in [6, 6.07) is 16.9. The van der Waals surface area contributed by atoms with Gasteiger partial charge in [0.25, 0.3) is 0 Å². The Bertz CT molecular complexity index is 954. The molecule has 1 aromatic heterocycles. The van der Waals surface area contributed by atoms with Gasteiger partial charge in [-0.3, -0.25) is 4.79 Å². The molecule has 0 radical (unpaired) electrons. The van der Waals surface area contributed by atoms with Gasteiger partial charge in [-0.2, -0.15) is 0 Å². The van der Waals surface area contributed by atoms with Crippen molar-refractivity contribution in [3.05, 3.63) is 60.4 Å². The van der Waals surface area contributed by atoms with Crippen LogP contribution < -0.4 is 10.1 Å². The van der Waals surface area contributed by atoms with Crippen LogP contribution in [0.4, 0.5) is 5.69 Å². The van der Waals surface area contributed by atoms with Crippen molar-refractivity contribution in [3.63, 3.8) is 0 Å². The largest absolute Gasteiger partial charge is 0.455 e. The smallest absolute Gasteiger partial charge is 0.234 e. The number of benzene rings is 2. The van der Waals surface area contributed by atoms with E-state index < -0.39 is 0 Å². The number of nitrogens with zero attached hydrogens (tertiary/aromatic N) is 3. The monoisotopic (exact) mass is 394 g/mol. The molecule has 1 N–H and O–H groups in total. The van der Waals surface area contributed by atoms with E-state index in [1.165, 1.54) is 24.6 Å². The van der Waals surface area contributed by atoms with Gasteiger partial charge in [0.2, 0.25) is 5.91 Å². The minimum Gasteiger partial charge on any atom is -0.455 e. The zero-order valence-electron chi connectivity index (χ0n) is 15.7. The summed E-state index contributed by atoms with van der Waals surface area (Å²) in [7, 11) is 0. The van der Waals surface area contributed by atoms with Crippen LogP contribution in [-0.2, 0) is 11.3 Å². The summed E-state index contributed by atoms with van der Waals surface area (Å²) in [5, 5.41) is 12.3. The number of ether oxygens (including phenoxy) is 1. The summed E-state index contributed by atoms with van der Waals surface area (Å²) >= 11 is 1.41. The molecule has 0 saturated heterocycles. The van der Waals surface area contributed by atoms with Crippen molar-refractivity contribution >= 4 is 23.4 Å². The number of anilines is 1.